The van der Waals surface area contributed by atoms with Gasteiger partial charge in [-0.15, -0.1) is 0 Å². The Morgan fingerprint density at radius 2 is 1.85 bits per heavy atom. The highest BCUT2D eigenvalue weighted by Gasteiger charge is 2.43. The van der Waals surface area contributed by atoms with Gasteiger partial charge in [0, 0.05) is 25.9 Å². The van der Waals surface area contributed by atoms with Crippen molar-refractivity contribution in [2.45, 2.75) is 13.2 Å². The topological polar surface area (TPSA) is 146 Å². The lowest BCUT2D eigenvalue weighted by Crippen LogP contribution is -2.45. The summed E-state index contributed by atoms with van der Waals surface area (Å²) in [6.45, 7) is 1.35. The van der Waals surface area contributed by atoms with Crippen molar-refractivity contribution in [3.05, 3.63) is 48.2 Å². The van der Waals surface area contributed by atoms with E-state index in [-0.39, 0.29) is 19.0 Å². The van der Waals surface area contributed by atoms with Gasteiger partial charge in [0.15, 0.2) is 5.82 Å². The molecule has 3 heterocycles. The van der Waals surface area contributed by atoms with E-state index >= 15 is 0 Å². The van der Waals surface area contributed by atoms with Crippen molar-refractivity contribution in [2.75, 3.05) is 32.2 Å². The molecule has 0 atom stereocenters. The number of hydrogen-bond donors (Lipinski definition) is 2. The summed E-state index contributed by atoms with van der Waals surface area (Å²) in [6, 6.07) is 7.60. The van der Waals surface area contributed by atoms with Gasteiger partial charge in [-0.2, -0.15) is 0 Å². The predicted octanol–water partition coefficient (Wildman–Crippen LogP) is 2.41. The molecule has 3 aromatic rings. The summed E-state index contributed by atoms with van der Waals surface area (Å²) >= 11 is 0. The summed E-state index contributed by atoms with van der Waals surface area (Å²) in [5.74, 6) is -0.404. The average Bonchev–Trinajstić information content (AvgIpc) is 3.25. The van der Waals surface area contributed by atoms with Gasteiger partial charge in [-0.05, 0) is 37.3 Å². The van der Waals surface area contributed by atoms with Gasteiger partial charge in [0.1, 0.15) is 11.2 Å². The summed E-state index contributed by atoms with van der Waals surface area (Å²) in [4.78, 5) is 41.5. The third-order valence-corrected chi connectivity index (χ3v) is 5.15. The number of imidazole rings is 1. The second-order valence-electron chi connectivity index (χ2n) is 8.21. The van der Waals surface area contributed by atoms with Crippen molar-refractivity contribution < 1.29 is 28.2 Å². The van der Waals surface area contributed by atoms with Crippen molar-refractivity contribution in [2.24, 2.45) is 11.1 Å². The van der Waals surface area contributed by atoms with Crippen LogP contribution in [-0.4, -0.2) is 59.3 Å². The number of aromatic amines is 1. The van der Waals surface area contributed by atoms with Crippen molar-refractivity contribution in [1.29, 1.82) is 0 Å². The molecule has 1 aliphatic heterocycles. The molecule has 1 fully saturated rings. The maximum atomic E-state index is 13.5. The highest BCUT2D eigenvalue weighted by Crippen LogP contribution is 2.36. The number of benzene rings is 1. The fourth-order valence-corrected chi connectivity index (χ4v) is 3.31. The number of H-pyrrole nitrogens is 1. The Labute approximate surface area is 194 Å². The standard InChI is InChI=1S/C22H23FN6O5/c1-22(19(30)34-20(24)31)10-32-18(33-11-22)17-27-15(12-4-6-13(23)7-5-12)16(28-17)14-8-9-25-21(26-14)29(2)3/h4-9,18H,10-11H2,1-3H3,(H2,24,31)(H,27,28). The number of primary amides is 1. The molecule has 1 aliphatic rings. The monoisotopic (exact) mass is 470 g/mol. The van der Waals surface area contributed by atoms with Crippen LogP contribution in [-0.2, 0) is 19.0 Å². The molecule has 0 bridgehead atoms. The first-order valence-electron chi connectivity index (χ1n) is 10.3. The highest BCUT2D eigenvalue weighted by molar-refractivity contribution is 5.87. The number of nitrogens with one attached hydrogen (secondary N) is 1. The van der Waals surface area contributed by atoms with Crippen LogP contribution in [0, 0.1) is 11.2 Å². The van der Waals surface area contributed by atoms with E-state index in [0.717, 1.165) is 0 Å². The number of hydrogen-bond acceptors (Lipinski definition) is 9. The Hall–Kier alpha value is -3.90. The largest absolute Gasteiger partial charge is 0.412 e. The fourth-order valence-electron chi connectivity index (χ4n) is 3.31. The number of ether oxygens (including phenoxy) is 3. The average molecular weight is 470 g/mol. The Bertz CT molecular complexity index is 1200. The number of halogens is 1. The lowest BCUT2D eigenvalue weighted by Gasteiger charge is -2.34. The van der Waals surface area contributed by atoms with Crippen molar-refractivity contribution >= 4 is 18.0 Å². The molecule has 12 heteroatoms. The van der Waals surface area contributed by atoms with Gasteiger partial charge in [-0.3, -0.25) is 4.79 Å². The van der Waals surface area contributed by atoms with E-state index in [9.17, 15) is 14.0 Å². The van der Waals surface area contributed by atoms with Crippen LogP contribution >= 0.6 is 0 Å². The zero-order valence-corrected chi connectivity index (χ0v) is 18.7. The maximum Gasteiger partial charge on any atom is 0.412 e. The van der Waals surface area contributed by atoms with Crippen LogP contribution in [0.1, 0.15) is 19.0 Å². The lowest BCUT2D eigenvalue weighted by molar-refractivity contribution is -0.236. The van der Waals surface area contributed by atoms with E-state index in [1.54, 1.807) is 29.3 Å². The molecule has 0 spiro atoms. The first kappa shape index (κ1) is 23.3. The van der Waals surface area contributed by atoms with Crippen molar-refractivity contribution in [1.82, 2.24) is 19.9 Å². The second kappa shape index (κ2) is 9.15. The van der Waals surface area contributed by atoms with Crippen LogP contribution in [0.4, 0.5) is 15.1 Å². The number of amides is 1. The van der Waals surface area contributed by atoms with Gasteiger partial charge in [-0.1, -0.05) is 0 Å². The van der Waals surface area contributed by atoms with E-state index in [2.05, 4.69) is 24.7 Å². The van der Waals surface area contributed by atoms with Crippen LogP contribution in [0.25, 0.3) is 22.6 Å². The SMILES string of the molecule is CN(C)c1nccc(-c2[nH]c(C3OCC(C)(C(=O)OC(N)=O)CO3)nc2-c2ccc(F)cc2)n1. The Morgan fingerprint density at radius 1 is 1.18 bits per heavy atom. The van der Waals surface area contributed by atoms with Crippen LogP contribution in [0.3, 0.4) is 0 Å². The van der Waals surface area contributed by atoms with Crippen LogP contribution in [0.2, 0.25) is 0 Å². The number of aromatic nitrogens is 4. The summed E-state index contributed by atoms with van der Waals surface area (Å²) in [5.41, 5.74) is 5.98. The first-order valence-corrected chi connectivity index (χ1v) is 10.3. The van der Waals surface area contributed by atoms with Crippen LogP contribution in [0.5, 0.6) is 0 Å². The first-order chi connectivity index (χ1) is 16.2. The zero-order chi connectivity index (χ0) is 24.5. The molecule has 0 unspecified atom stereocenters. The van der Waals surface area contributed by atoms with Gasteiger partial charge < -0.3 is 29.8 Å². The van der Waals surface area contributed by atoms with Gasteiger partial charge >= 0.3 is 12.1 Å². The van der Waals surface area contributed by atoms with E-state index in [4.69, 9.17) is 15.2 Å². The lowest BCUT2D eigenvalue weighted by atomic mass is 9.92. The molecule has 0 radical (unpaired) electrons. The summed E-state index contributed by atoms with van der Waals surface area (Å²) in [7, 11) is 3.64. The molecular formula is C22H23FN6O5. The number of nitrogens with two attached hydrogens (primary N) is 1. The molecule has 1 saturated heterocycles. The number of anilines is 1. The van der Waals surface area contributed by atoms with Gasteiger partial charge in [-0.25, -0.2) is 24.1 Å². The fraction of sp³-hybridized carbons (Fsp3) is 0.318. The minimum Gasteiger partial charge on any atom is -0.376 e. The van der Waals surface area contributed by atoms with Gasteiger partial charge in [0.25, 0.3) is 0 Å². The highest BCUT2D eigenvalue weighted by atomic mass is 19.1. The van der Waals surface area contributed by atoms with Crippen LogP contribution in [0.15, 0.2) is 36.5 Å². The quantitative estimate of drug-likeness (QED) is 0.424. The second-order valence-corrected chi connectivity index (χ2v) is 8.21. The predicted molar refractivity (Wildman–Crippen MR) is 118 cm³/mol. The summed E-state index contributed by atoms with van der Waals surface area (Å²) < 4.78 is 29.5. The normalized spacial score (nSPS) is 20.1. The molecule has 34 heavy (non-hydrogen) atoms. The van der Waals surface area contributed by atoms with Crippen LogP contribution < -0.4 is 10.6 Å². The molecule has 0 aliphatic carbocycles. The van der Waals surface area contributed by atoms with Crippen molar-refractivity contribution in [3.63, 3.8) is 0 Å². The third-order valence-electron chi connectivity index (χ3n) is 5.15. The molecule has 0 saturated carbocycles. The molecule has 3 N–H and O–H groups in total. The molecule has 11 nitrogen and oxygen atoms in total. The molecular weight excluding hydrogens is 447 g/mol. The number of nitrogens with zero attached hydrogens (tertiary/aromatic N) is 4. The smallest absolute Gasteiger partial charge is 0.376 e. The minimum absolute atomic E-state index is 0.0933. The number of carbonyl (C=O) groups is 2. The van der Waals surface area contributed by atoms with Gasteiger partial charge in [0.05, 0.1) is 30.3 Å². The molecule has 178 valence electrons. The molecule has 1 amide bonds. The number of esters is 1. The molecule has 4 rings (SSSR count). The molecule has 1 aromatic carbocycles. The minimum atomic E-state index is -1.21. The number of rotatable bonds is 5. The third kappa shape index (κ3) is 4.72. The maximum absolute atomic E-state index is 13.5. The van der Waals surface area contributed by atoms with E-state index in [1.807, 2.05) is 14.1 Å². The Kier molecular flexibility index (Phi) is 6.26. The zero-order valence-electron chi connectivity index (χ0n) is 18.7. The van der Waals surface area contributed by atoms with Gasteiger partial charge in [0.2, 0.25) is 12.2 Å². The Balaban J connectivity index is 1.67. The summed E-state index contributed by atoms with van der Waals surface area (Å²) in [6.07, 6.45) is -0.511. The summed E-state index contributed by atoms with van der Waals surface area (Å²) in [5, 5.41) is 0. The van der Waals surface area contributed by atoms with Crippen molar-refractivity contribution in [3.8, 4) is 22.6 Å². The van der Waals surface area contributed by atoms with E-state index < -0.39 is 23.8 Å². The van der Waals surface area contributed by atoms with E-state index in [1.165, 1.54) is 19.1 Å². The number of carbonyl (C=O) groups excluding carboxylic acids is 2. The molecule has 2 aromatic heterocycles. The van der Waals surface area contributed by atoms with E-state index in [0.29, 0.717) is 34.4 Å². The Morgan fingerprint density at radius 3 is 2.47 bits per heavy atom.